The maximum atomic E-state index is 10.0. The lowest BCUT2D eigenvalue weighted by atomic mass is 9.72. The number of benzene rings is 2. The standard InChI is InChI=1S/C20H22O4/c1-11-5-14-8-19(24)16(10-22)7-17(14)20(12(11)2)13-3-4-18(23)15(6-13)9-21/h3-8,12,20-24H,9-10H2,1-2H3/t12-,20-/m1/s1. The average Bonchev–Trinajstić information content (AvgIpc) is 2.57. The van der Waals surface area contributed by atoms with E-state index in [9.17, 15) is 20.4 Å². The molecule has 0 bridgehead atoms. The molecule has 0 radical (unpaired) electrons. The summed E-state index contributed by atoms with van der Waals surface area (Å²) in [6.45, 7) is 3.75. The van der Waals surface area contributed by atoms with Gasteiger partial charge in [0, 0.05) is 17.0 Å². The van der Waals surface area contributed by atoms with Crippen LogP contribution in [0.1, 0.15) is 47.6 Å². The highest BCUT2D eigenvalue weighted by molar-refractivity contribution is 5.66. The summed E-state index contributed by atoms with van der Waals surface area (Å²) in [5, 5.41) is 38.8. The number of aliphatic hydroxyl groups is 2. The van der Waals surface area contributed by atoms with Crippen molar-refractivity contribution in [2.75, 3.05) is 0 Å². The maximum absolute atomic E-state index is 10.0. The average molecular weight is 326 g/mol. The first-order valence-electron chi connectivity index (χ1n) is 8.03. The smallest absolute Gasteiger partial charge is 0.121 e. The van der Waals surface area contributed by atoms with Crippen molar-refractivity contribution in [3.63, 3.8) is 0 Å². The summed E-state index contributed by atoms with van der Waals surface area (Å²) in [6.07, 6.45) is 2.06. The molecule has 0 aromatic heterocycles. The van der Waals surface area contributed by atoms with Gasteiger partial charge in [-0.05, 0) is 53.8 Å². The fraction of sp³-hybridized carbons (Fsp3) is 0.300. The summed E-state index contributed by atoms with van der Waals surface area (Å²) in [6, 6.07) is 8.83. The Morgan fingerprint density at radius 3 is 2.25 bits per heavy atom. The minimum atomic E-state index is -0.222. The van der Waals surface area contributed by atoms with Crippen LogP contribution >= 0.6 is 0 Å². The zero-order valence-electron chi connectivity index (χ0n) is 13.8. The lowest BCUT2D eigenvalue weighted by molar-refractivity contribution is 0.275. The number of hydrogen-bond acceptors (Lipinski definition) is 4. The quantitative estimate of drug-likeness (QED) is 0.698. The summed E-state index contributed by atoms with van der Waals surface area (Å²) in [5.74, 6) is 0.431. The third kappa shape index (κ3) is 2.68. The molecule has 4 heteroatoms. The van der Waals surface area contributed by atoms with Gasteiger partial charge in [0.15, 0.2) is 0 Å². The minimum absolute atomic E-state index is 0.0294. The fourth-order valence-electron chi connectivity index (χ4n) is 3.49. The Labute approximate surface area is 141 Å². The molecule has 126 valence electrons. The predicted octanol–water partition coefficient (Wildman–Crippen LogP) is 3.27. The number of rotatable bonds is 3. The Hall–Kier alpha value is -2.30. The molecule has 4 nitrogen and oxygen atoms in total. The van der Waals surface area contributed by atoms with Gasteiger partial charge in [0.1, 0.15) is 11.5 Å². The molecule has 0 heterocycles. The van der Waals surface area contributed by atoms with Crippen molar-refractivity contribution in [2.45, 2.75) is 33.0 Å². The van der Waals surface area contributed by atoms with Gasteiger partial charge in [-0.25, -0.2) is 0 Å². The van der Waals surface area contributed by atoms with Crippen molar-refractivity contribution >= 4 is 6.08 Å². The molecule has 1 aliphatic carbocycles. The lowest BCUT2D eigenvalue weighted by Gasteiger charge is -2.32. The molecule has 0 amide bonds. The first kappa shape index (κ1) is 16.6. The van der Waals surface area contributed by atoms with Crippen LogP contribution in [0.15, 0.2) is 35.9 Å². The van der Waals surface area contributed by atoms with E-state index in [-0.39, 0.29) is 36.5 Å². The molecule has 0 saturated carbocycles. The van der Waals surface area contributed by atoms with Crippen LogP contribution in [0.5, 0.6) is 11.5 Å². The normalized spacial score (nSPS) is 19.8. The van der Waals surface area contributed by atoms with Crippen molar-refractivity contribution in [1.82, 2.24) is 0 Å². The van der Waals surface area contributed by atoms with Gasteiger partial charge in [0.25, 0.3) is 0 Å². The van der Waals surface area contributed by atoms with Gasteiger partial charge >= 0.3 is 0 Å². The third-order valence-electron chi connectivity index (χ3n) is 5.02. The van der Waals surface area contributed by atoms with Gasteiger partial charge < -0.3 is 20.4 Å². The molecule has 3 rings (SSSR count). The molecule has 2 aromatic rings. The molecule has 2 aromatic carbocycles. The molecular weight excluding hydrogens is 304 g/mol. The second kappa shape index (κ2) is 6.30. The minimum Gasteiger partial charge on any atom is -0.508 e. The molecular formula is C20H22O4. The van der Waals surface area contributed by atoms with Crippen LogP contribution in [0.25, 0.3) is 6.08 Å². The van der Waals surface area contributed by atoms with Gasteiger partial charge in [-0.2, -0.15) is 0 Å². The van der Waals surface area contributed by atoms with Gasteiger partial charge in [0.2, 0.25) is 0 Å². The van der Waals surface area contributed by atoms with Crippen molar-refractivity contribution in [3.05, 3.63) is 63.7 Å². The molecule has 1 aliphatic rings. The summed E-state index contributed by atoms with van der Waals surface area (Å²) in [4.78, 5) is 0. The lowest BCUT2D eigenvalue weighted by Crippen LogP contribution is -2.18. The third-order valence-corrected chi connectivity index (χ3v) is 5.02. The Balaban J connectivity index is 2.20. The van der Waals surface area contributed by atoms with E-state index in [0.717, 1.165) is 16.7 Å². The number of hydrogen-bond donors (Lipinski definition) is 4. The molecule has 2 atom stereocenters. The van der Waals surface area contributed by atoms with E-state index in [1.54, 1.807) is 12.1 Å². The first-order chi connectivity index (χ1) is 11.5. The number of phenols is 2. The molecule has 0 spiro atoms. The van der Waals surface area contributed by atoms with E-state index < -0.39 is 0 Å². The molecule has 0 aliphatic heterocycles. The summed E-state index contributed by atoms with van der Waals surface area (Å²) < 4.78 is 0. The van der Waals surface area contributed by atoms with E-state index in [1.807, 2.05) is 18.2 Å². The van der Waals surface area contributed by atoms with E-state index in [0.29, 0.717) is 11.1 Å². The summed E-state index contributed by atoms with van der Waals surface area (Å²) >= 11 is 0. The van der Waals surface area contributed by atoms with Crippen molar-refractivity contribution in [3.8, 4) is 11.5 Å². The largest absolute Gasteiger partial charge is 0.508 e. The van der Waals surface area contributed by atoms with Crippen LogP contribution in [0.4, 0.5) is 0 Å². The van der Waals surface area contributed by atoms with E-state index in [1.165, 1.54) is 5.57 Å². The monoisotopic (exact) mass is 326 g/mol. The van der Waals surface area contributed by atoms with Crippen LogP contribution in [-0.2, 0) is 13.2 Å². The Kier molecular flexibility index (Phi) is 4.35. The molecule has 0 unspecified atom stereocenters. The Bertz CT molecular complexity index is 808. The van der Waals surface area contributed by atoms with Gasteiger partial charge in [-0.3, -0.25) is 0 Å². The summed E-state index contributed by atoms with van der Waals surface area (Å²) in [7, 11) is 0. The van der Waals surface area contributed by atoms with Crippen LogP contribution < -0.4 is 0 Å². The first-order valence-corrected chi connectivity index (χ1v) is 8.03. The second-order valence-electron chi connectivity index (χ2n) is 6.47. The van der Waals surface area contributed by atoms with Crippen LogP contribution in [0, 0.1) is 5.92 Å². The van der Waals surface area contributed by atoms with E-state index in [2.05, 4.69) is 19.9 Å². The van der Waals surface area contributed by atoms with Gasteiger partial charge in [-0.15, -0.1) is 0 Å². The fourth-order valence-corrected chi connectivity index (χ4v) is 3.49. The zero-order valence-corrected chi connectivity index (χ0v) is 13.8. The molecule has 24 heavy (non-hydrogen) atoms. The molecule has 0 saturated heterocycles. The van der Waals surface area contributed by atoms with Crippen molar-refractivity contribution in [2.24, 2.45) is 5.92 Å². The second-order valence-corrected chi connectivity index (χ2v) is 6.47. The van der Waals surface area contributed by atoms with Crippen LogP contribution in [0.2, 0.25) is 0 Å². The number of aromatic hydroxyl groups is 2. The number of allylic oxidation sites excluding steroid dienone is 1. The van der Waals surface area contributed by atoms with E-state index in [4.69, 9.17) is 0 Å². The Morgan fingerprint density at radius 2 is 1.58 bits per heavy atom. The van der Waals surface area contributed by atoms with Crippen molar-refractivity contribution in [1.29, 1.82) is 0 Å². The van der Waals surface area contributed by atoms with Crippen molar-refractivity contribution < 1.29 is 20.4 Å². The SMILES string of the molecule is CC1=Cc2cc(O)c(CO)cc2[C@@H](c2ccc(O)c(CO)c2)[C@@H]1C. The van der Waals surface area contributed by atoms with E-state index >= 15 is 0 Å². The topological polar surface area (TPSA) is 80.9 Å². The highest BCUT2D eigenvalue weighted by Crippen LogP contribution is 2.44. The Morgan fingerprint density at radius 1 is 0.917 bits per heavy atom. The summed E-state index contributed by atoms with van der Waals surface area (Å²) in [5.41, 5.74) is 5.15. The van der Waals surface area contributed by atoms with Gasteiger partial charge in [0.05, 0.1) is 13.2 Å². The highest BCUT2D eigenvalue weighted by atomic mass is 16.3. The van der Waals surface area contributed by atoms with Crippen LogP contribution in [-0.4, -0.2) is 20.4 Å². The maximum Gasteiger partial charge on any atom is 0.121 e. The number of fused-ring (bicyclic) bond motifs is 1. The zero-order chi connectivity index (χ0) is 17.4. The molecule has 4 N–H and O–H groups in total. The molecule has 0 fully saturated rings. The number of aliphatic hydroxyl groups excluding tert-OH is 2. The highest BCUT2D eigenvalue weighted by Gasteiger charge is 2.29. The predicted molar refractivity (Wildman–Crippen MR) is 92.7 cm³/mol. The van der Waals surface area contributed by atoms with Crippen LogP contribution in [0.3, 0.4) is 0 Å². The van der Waals surface area contributed by atoms with Gasteiger partial charge in [-0.1, -0.05) is 24.6 Å².